The number of nitrogens with one attached hydrogen (secondary N) is 2. The van der Waals surface area contributed by atoms with Crippen LogP contribution in [0.15, 0.2) is 67.1 Å². The van der Waals surface area contributed by atoms with E-state index < -0.39 is 0 Å². The smallest absolute Gasteiger partial charge is 0.135 e. The maximum absolute atomic E-state index is 9.43. The molecule has 0 radical (unpaired) electrons. The first-order chi connectivity index (χ1) is 13.7. The number of phenolic OH excluding ortho intramolecular Hbond substituents is 1. The molecule has 0 aliphatic carbocycles. The van der Waals surface area contributed by atoms with Crippen LogP contribution in [-0.2, 0) is 0 Å². The van der Waals surface area contributed by atoms with Crippen LogP contribution in [-0.4, -0.2) is 27.1 Å². The Morgan fingerprint density at radius 2 is 1.71 bits per heavy atom. The predicted molar refractivity (Wildman–Crippen MR) is 114 cm³/mol. The lowest BCUT2D eigenvalue weighted by Gasteiger charge is -2.10. The first-order valence-electron chi connectivity index (χ1n) is 8.84. The summed E-state index contributed by atoms with van der Waals surface area (Å²) < 4.78 is 0. The summed E-state index contributed by atoms with van der Waals surface area (Å²) in [7, 11) is 1.84. The Bertz CT molecular complexity index is 1120. The van der Waals surface area contributed by atoms with E-state index in [0.717, 1.165) is 33.5 Å². The van der Waals surface area contributed by atoms with Crippen molar-refractivity contribution < 1.29 is 5.11 Å². The second-order valence-corrected chi connectivity index (χ2v) is 6.19. The fraction of sp³-hybridized carbons (Fsp3) is 0.0455. The molecule has 138 valence electrons. The summed E-state index contributed by atoms with van der Waals surface area (Å²) in [6.07, 6.45) is 9.36. The van der Waals surface area contributed by atoms with Crippen molar-refractivity contribution in [2.24, 2.45) is 0 Å². The van der Waals surface area contributed by atoms with Gasteiger partial charge < -0.3 is 15.7 Å². The van der Waals surface area contributed by atoms with Crippen molar-refractivity contribution in [3.8, 4) is 5.75 Å². The molecule has 0 bridgehead atoms. The lowest BCUT2D eigenvalue weighted by Crippen LogP contribution is -1.99. The van der Waals surface area contributed by atoms with E-state index in [2.05, 4.69) is 25.6 Å². The highest BCUT2D eigenvalue weighted by Gasteiger charge is 2.08. The average molecular weight is 369 g/mol. The van der Waals surface area contributed by atoms with Crippen LogP contribution < -0.4 is 10.6 Å². The number of fused-ring (bicyclic) bond motifs is 1. The number of phenols is 1. The SMILES string of the molecule is CNc1ncc(C=Cc2ccc(O)cc2)c2cc(Nc3ccccn3)ncc12. The Balaban J connectivity index is 1.74. The van der Waals surface area contributed by atoms with Crippen LogP contribution in [0.2, 0.25) is 0 Å². The highest BCUT2D eigenvalue weighted by atomic mass is 16.3. The molecule has 3 aromatic heterocycles. The molecule has 0 aliphatic heterocycles. The number of hydrogen-bond acceptors (Lipinski definition) is 6. The van der Waals surface area contributed by atoms with Gasteiger partial charge in [-0.15, -0.1) is 0 Å². The molecule has 6 nitrogen and oxygen atoms in total. The van der Waals surface area contributed by atoms with Gasteiger partial charge in [0.1, 0.15) is 23.2 Å². The Morgan fingerprint density at radius 1 is 0.857 bits per heavy atom. The molecule has 4 aromatic rings. The maximum Gasteiger partial charge on any atom is 0.135 e. The first-order valence-corrected chi connectivity index (χ1v) is 8.84. The van der Waals surface area contributed by atoms with Crippen LogP contribution in [0.3, 0.4) is 0 Å². The van der Waals surface area contributed by atoms with E-state index in [9.17, 15) is 5.11 Å². The van der Waals surface area contributed by atoms with Gasteiger partial charge in [-0.2, -0.15) is 0 Å². The Morgan fingerprint density at radius 3 is 2.46 bits per heavy atom. The summed E-state index contributed by atoms with van der Waals surface area (Å²) in [6.45, 7) is 0. The fourth-order valence-electron chi connectivity index (χ4n) is 2.90. The van der Waals surface area contributed by atoms with Crippen LogP contribution in [0.25, 0.3) is 22.9 Å². The van der Waals surface area contributed by atoms with Gasteiger partial charge in [-0.05, 0) is 41.3 Å². The zero-order valence-corrected chi connectivity index (χ0v) is 15.3. The number of aromatic nitrogens is 3. The number of pyridine rings is 3. The molecule has 0 aliphatic rings. The highest BCUT2D eigenvalue weighted by Crippen LogP contribution is 2.28. The van der Waals surface area contributed by atoms with Crippen molar-refractivity contribution in [3.63, 3.8) is 0 Å². The molecule has 0 saturated heterocycles. The summed E-state index contributed by atoms with van der Waals surface area (Å²) in [5.74, 6) is 2.46. The molecule has 0 atom stereocenters. The van der Waals surface area contributed by atoms with Crippen molar-refractivity contribution in [2.75, 3.05) is 17.7 Å². The van der Waals surface area contributed by atoms with Gasteiger partial charge in [0.15, 0.2) is 0 Å². The average Bonchev–Trinajstić information content (AvgIpc) is 2.74. The minimum atomic E-state index is 0.249. The number of nitrogens with zero attached hydrogens (tertiary/aromatic N) is 3. The number of aromatic hydroxyl groups is 1. The summed E-state index contributed by atoms with van der Waals surface area (Å²) in [5.41, 5.74) is 1.96. The number of hydrogen-bond donors (Lipinski definition) is 3. The van der Waals surface area contributed by atoms with Crippen LogP contribution in [0.4, 0.5) is 17.5 Å². The second kappa shape index (κ2) is 7.75. The van der Waals surface area contributed by atoms with Gasteiger partial charge in [-0.3, -0.25) is 0 Å². The summed E-state index contributed by atoms with van der Waals surface area (Å²) >= 11 is 0. The zero-order valence-electron chi connectivity index (χ0n) is 15.3. The molecule has 0 unspecified atom stereocenters. The van der Waals surface area contributed by atoms with Crippen molar-refractivity contribution >= 4 is 40.4 Å². The van der Waals surface area contributed by atoms with Crippen molar-refractivity contribution in [1.82, 2.24) is 15.0 Å². The minimum absolute atomic E-state index is 0.249. The third-order valence-electron chi connectivity index (χ3n) is 4.31. The molecule has 3 N–H and O–H groups in total. The van der Waals surface area contributed by atoms with Crippen molar-refractivity contribution in [1.29, 1.82) is 0 Å². The molecular formula is C22H19N5O. The second-order valence-electron chi connectivity index (χ2n) is 6.19. The number of rotatable bonds is 5. The fourth-order valence-corrected chi connectivity index (χ4v) is 2.90. The Labute approximate surface area is 162 Å². The summed E-state index contributed by atoms with van der Waals surface area (Å²) in [4.78, 5) is 13.3. The van der Waals surface area contributed by atoms with Gasteiger partial charge in [0, 0.05) is 36.6 Å². The van der Waals surface area contributed by atoms with Crippen LogP contribution >= 0.6 is 0 Å². The first kappa shape index (κ1) is 17.5. The van der Waals surface area contributed by atoms with Gasteiger partial charge in [-0.25, -0.2) is 15.0 Å². The molecule has 6 heteroatoms. The predicted octanol–water partition coefficient (Wildman–Crippen LogP) is 4.69. The van der Waals surface area contributed by atoms with Crippen LogP contribution in [0.1, 0.15) is 11.1 Å². The Hall–Kier alpha value is -3.93. The monoisotopic (exact) mass is 369 g/mol. The molecule has 0 spiro atoms. The molecule has 0 amide bonds. The molecule has 1 aromatic carbocycles. The van der Waals surface area contributed by atoms with Gasteiger partial charge in [0.25, 0.3) is 0 Å². The summed E-state index contributed by atoms with van der Waals surface area (Å²) in [6, 6.07) is 14.7. The minimum Gasteiger partial charge on any atom is -0.508 e. The van der Waals surface area contributed by atoms with E-state index in [0.29, 0.717) is 5.82 Å². The normalized spacial score (nSPS) is 11.0. The van der Waals surface area contributed by atoms with Crippen molar-refractivity contribution in [3.05, 3.63) is 78.2 Å². The molecule has 3 heterocycles. The molecule has 0 fully saturated rings. The van der Waals surface area contributed by atoms with Gasteiger partial charge >= 0.3 is 0 Å². The molecule has 0 saturated carbocycles. The largest absolute Gasteiger partial charge is 0.508 e. The standard InChI is InChI=1S/C22H19N5O/c1-23-22-19-14-25-21(27-20-4-2-3-11-24-20)12-18(19)16(13-26-22)8-5-15-6-9-17(28)10-7-15/h2-14,28H,1H3,(H,23,26)(H,24,25,27). The lowest BCUT2D eigenvalue weighted by atomic mass is 10.1. The zero-order chi connectivity index (χ0) is 19.3. The molecule has 28 heavy (non-hydrogen) atoms. The lowest BCUT2D eigenvalue weighted by molar-refractivity contribution is 0.475. The van der Waals surface area contributed by atoms with E-state index in [1.165, 1.54) is 0 Å². The van der Waals surface area contributed by atoms with Gasteiger partial charge in [0.2, 0.25) is 0 Å². The van der Waals surface area contributed by atoms with E-state index in [-0.39, 0.29) is 5.75 Å². The van der Waals surface area contributed by atoms with Crippen LogP contribution in [0.5, 0.6) is 5.75 Å². The molecule has 4 rings (SSSR count). The Kier molecular flexibility index (Phi) is 4.84. The van der Waals surface area contributed by atoms with E-state index in [1.807, 2.05) is 61.8 Å². The summed E-state index contributed by atoms with van der Waals surface area (Å²) in [5, 5.41) is 17.7. The van der Waals surface area contributed by atoms with E-state index >= 15 is 0 Å². The van der Waals surface area contributed by atoms with Crippen LogP contribution in [0, 0.1) is 0 Å². The third kappa shape index (κ3) is 3.76. The number of benzene rings is 1. The van der Waals surface area contributed by atoms with Gasteiger partial charge in [0.05, 0.1) is 0 Å². The van der Waals surface area contributed by atoms with Gasteiger partial charge in [-0.1, -0.05) is 30.4 Å². The third-order valence-corrected chi connectivity index (χ3v) is 4.31. The van der Waals surface area contributed by atoms with E-state index in [1.54, 1.807) is 24.5 Å². The van der Waals surface area contributed by atoms with Crippen molar-refractivity contribution in [2.45, 2.75) is 0 Å². The molecular weight excluding hydrogens is 350 g/mol. The topological polar surface area (TPSA) is 83.0 Å². The quantitative estimate of drug-likeness (QED) is 0.473. The highest BCUT2D eigenvalue weighted by molar-refractivity contribution is 5.99. The van der Waals surface area contributed by atoms with E-state index in [4.69, 9.17) is 0 Å². The number of anilines is 3. The maximum atomic E-state index is 9.43.